The minimum absolute atomic E-state index is 0.0306. The summed E-state index contributed by atoms with van der Waals surface area (Å²) in [6, 6.07) is 7.66. The fraction of sp³-hybridized carbons (Fsp3) is 0.462. The van der Waals surface area contributed by atoms with Crippen molar-refractivity contribution in [3.05, 3.63) is 34.9 Å². The third-order valence-corrected chi connectivity index (χ3v) is 3.17. The summed E-state index contributed by atoms with van der Waals surface area (Å²) in [6.45, 7) is 0.472. The highest BCUT2D eigenvalue weighted by molar-refractivity contribution is 6.30. The van der Waals surface area contributed by atoms with Crippen LogP contribution in [0, 0.1) is 0 Å². The van der Waals surface area contributed by atoms with E-state index in [1.54, 1.807) is 17.0 Å². The Morgan fingerprint density at radius 1 is 1.35 bits per heavy atom. The molecule has 0 spiro atoms. The highest BCUT2D eigenvalue weighted by atomic mass is 35.5. The molecule has 4 heteroatoms. The predicted octanol–water partition coefficient (Wildman–Crippen LogP) is 1.87. The van der Waals surface area contributed by atoms with E-state index in [4.69, 9.17) is 16.7 Å². The van der Waals surface area contributed by atoms with Crippen LogP contribution in [0.15, 0.2) is 24.3 Å². The first kappa shape index (κ1) is 12.4. The Labute approximate surface area is 106 Å². The Morgan fingerprint density at radius 2 is 2.00 bits per heavy atom. The topological polar surface area (TPSA) is 40.5 Å². The lowest BCUT2D eigenvalue weighted by molar-refractivity contribution is -0.131. The Kier molecular flexibility index (Phi) is 4.02. The number of nitrogens with zero attached hydrogens (tertiary/aromatic N) is 1. The van der Waals surface area contributed by atoms with E-state index in [0.717, 1.165) is 18.4 Å². The van der Waals surface area contributed by atoms with Crippen LogP contribution in [0.2, 0.25) is 5.02 Å². The second kappa shape index (κ2) is 5.52. The Hall–Kier alpha value is -1.06. The van der Waals surface area contributed by atoms with Gasteiger partial charge in [0.1, 0.15) is 0 Å². The molecule has 2 rings (SSSR count). The molecule has 0 bridgehead atoms. The van der Waals surface area contributed by atoms with Crippen molar-refractivity contribution < 1.29 is 9.90 Å². The first-order valence-electron chi connectivity index (χ1n) is 5.85. The van der Waals surface area contributed by atoms with E-state index in [1.165, 1.54) is 0 Å². The maximum absolute atomic E-state index is 12.1. The number of carbonyl (C=O) groups is 1. The lowest BCUT2D eigenvalue weighted by atomic mass is 10.1. The normalized spacial score (nSPS) is 14.7. The molecule has 3 nitrogen and oxygen atoms in total. The van der Waals surface area contributed by atoms with Gasteiger partial charge in [-0.25, -0.2) is 0 Å². The van der Waals surface area contributed by atoms with E-state index in [-0.39, 0.29) is 12.5 Å². The number of aliphatic hydroxyl groups is 1. The van der Waals surface area contributed by atoms with Crippen molar-refractivity contribution in [3.8, 4) is 0 Å². The van der Waals surface area contributed by atoms with E-state index >= 15 is 0 Å². The third-order valence-electron chi connectivity index (χ3n) is 2.92. The van der Waals surface area contributed by atoms with Gasteiger partial charge in [-0.3, -0.25) is 4.79 Å². The molecule has 1 aliphatic carbocycles. The molecule has 1 saturated carbocycles. The van der Waals surface area contributed by atoms with E-state index in [0.29, 0.717) is 24.0 Å². The fourth-order valence-corrected chi connectivity index (χ4v) is 2.01. The second-order valence-corrected chi connectivity index (χ2v) is 4.78. The molecule has 1 fully saturated rings. The molecule has 1 amide bonds. The van der Waals surface area contributed by atoms with Crippen LogP contribution in [0.4, 0.5) is 0 Å². The molecule has 0 saturated heterocycles. The molecule has 0 aliphatic heterocycles. The number of carbonyl (C=O) groups excluding carboxylic acids is 1. The van der Waals surface area contributed by atoms with E-state index < -0.39 is 0 Å². The van der Waals surface area contributed by atoms with Gasteiger partial charge in [0.05, 0.1) is 13.0 Å². The lowest BCUT2D eigenvalue weighted by Crippen LogP contribution is -2.36. The van der Waals surface area contributed by atoms with Crippen molar-refractivity contribution in [2.75, 3.05) is 13.2 Å². The molecular weight excluding hydrogens is 238 g/mol. The van der Waals surface area contributed by atoms with Crippen LogP contribution in [0.1, 0.15) is 18.4 Å². The van der Waals surface area contributed by atoms with Gasteiger partial charge in [-0.05, 0) is 30.5 Å². The predicted molar refractivity (Wildman–Crippen MR) is 67.0 cm³/mol. The summed E-state index contributed by atoms with van der Waals surface area (Å²) in [5.74, 6) is 0.0869. The van der Waals surface area contributed by atoms with Gasteiger partial charge in [-0.15, -0.1) is 0 Å². The van der Waals surface area contributed by atoms with Crippen LogP contribution in [-0.2, 0) is 11.2 Å². The van der Waals surface area contributed by atoms with Crippen LogP contribution in [-0.4, -0.2) is 35.1 Å². The monoisotopic (exact) mass is 253 g/mol. The van der Waals surface area contributed by atoms with Crippen LogP contribution in [0.25, 0.3) is 0 Å². The van der Waals surface area contributed by atoms with Gasteiger partial charge in [0.2, 0.25) is 5.91 Å². The number of rotatable bonds is 5. The summed E-state index contributed by atoms with van der Waals surface area (Å²) in [4.78, 5) is 13.8. The second-order valence-electron chi connectivity index (χ2n) is 4.35. The Balaban J connectivity index is 1.96. The van der Waals surface area contributed by atoms with Crippen LogP contribution in [0.3, 0.4) is 0 Å². The molecule has 1 aromatic carbocycles. The highest BCUT2D eigenvalue weighted by Gasteiger charge is 2.31. The summed E-state index contributed by atoms with van der Waals surface area (Å²) in [7, 11) is 0. The quantitative estimate of drug-likeness (QED) is 0.870. The Morgan fingerprint density at radius 3 is 2.53 bits per heavy atom. The molecular formula is C13H16ClNO2. The minimum Gasteiger partial charge on any atom is -0.395 e. The fourth-order valence-electron chi connectivity index (χ4n) is 1.88. The zero-order valence-corrected chi connectivity index (χ0v) is 10.4. The van der Waals surface area contributed by atoms with Gasteiger partial charge in [0.15, 0.2) is 0 Å². The van der Waals surface area contributed by atoms with Crippen molar-refractivity contribution >= 4 is 17.5 Å². The minimum atomic E-state index is 0.0306. The molecule has 17 heavy (non-hydrogen) atoms. The van der Waals surface area contributed by atoms with Gasteiger partial charge in [0.25, 0.3) is 0 Å². The molecule has 0 unspecified atom stereocenters. The van der Waals surface area contributed by atoms with Gasteiger partial charge < -0.3 is 10.0 Å². The summed E-state index contributed by atoms with van der Waals surface area (Å²) in [5.41, 5.74) is 0.961. The summed E-state index contributed by atoms with van der Waals surface area (Å²) < 4.78 is 0. The maximum atomic E-state index is 12.1. The molecule has 0 atom stereocenters. The van der Waals surface area contributed by atoms with Gasteiger partial charge in [-0.1, -0.05) is 23.7 Å². The van der Waals surface area contributed by atoms with Crippen molar-refractivity contribution in [1.82, 2.24) is 4.90 Å². The van der Waals surface area contributed by atoms with Crippen LogP contribution < -0.4 is 0 Å². The van der Waals surface area contributed by atoms with Crippen molar-refractivity contribution in [2.45, 2.75) is 25.3 Å². The van der Waals surface area contributed by atoms with Crippen molar-refractivity contribution in [3.63, 3.8) is 0 Å². The number of hydrogen-bond donors (Lipinski definition) is 1. The van der Waals surface area contributed by atoms with Gasteiger partial charge in [0, 0.05) is 17.6 Å². The van der Waals surface area contributed by atoms with Gasteiger partial charge >= 0.3 is 0 Å². The first-order valence-corrected chi connectivity index (χ1v) is 6.23. The smallest absolute Gasteiger partial charge is 0.227 e. The molecule has 1 N–H and O–H groups in total. The van der Waals surface area contributed by atoms with Crippen molar-refractivity contribution in [1.29, 1.82) is 0 Å². The Bertz CT molecular complexity index is 387. The number of aliphatic hydroxyl groups excluding tert-OH is 1. The molecule has 1 aliphatic rings. The highest BCUT2D eigenvalue weighted by Crippen LogP contribution is 2.27. The molecule has 1 aromatic rings. The van der Waals surface area contributed by atoms with Crippen molar-refractivity contribution in [2.24, 2.45) is 0 Å². The zero-order chi connectivity index (χ0) is 12.3. The average molecular weight is 254 g/mol. The summed E-state index contributed by atoms with van der Waals surface area (Å²) >= 11 is 5.79. The average Bonchev–Trinajstić information content (AvgIpc) is 3.13. The molecule has 0 aromatic heterocycles. The van der Waals surface area contributed by atoms with E-state index in [1.807, 2.05) is 12.1 Å². The van der Waals surface area contributed by atoms with Crippen LogP contribution >= 0.6 is 11.6 Å². The van der Waals surface area contributed by atoms with E-state index in [9.17, 15) is 4.79 Å². The largest absolute Gasteiger partial charge is 0.395 e. The summed E-state index contributed by atoms with van der Waals surface area (Å²) in [5, 5.41) is 9.63. The number of amides is 1. The molecule has 0 heterocycles. The molecule has 0 radical (unpaired) electrons. The SMILES string of the molecule is O=C(Cc1ccc(Cl)cc1)N(CCO)C1CC1. The maximum Gasteiger partial charge on any atom is 0.227 e. The summed E-state index contributed by atoms with van der Waals surface area (Å²) in [6.07, 6.45) is 2.51. The van der Waals surface area contributed by atoms with E-state index in [2.05, 4.69) is 0 Å². The van der Waals surface area contributed by atoms with Gasteiger partial charge in [-0.2, -0.15) is 0 Å². The van der Waals surface area contributed by atoms with Crippen LogP contribution in [0.5, 0.6) is 0 Å². The number of hydrogen-bond acceptors (Lipinski definition) is 2. The third kappa shape index (κ3) is 3.45. The number of halogens is 1. The zero-order valence-electron chi connectivity index (χ0n) is 9.60. The number of benzene rings is 1. The molecule has 92 valence electrons. The first-order chi connectivity index (χ1) is 8.20. The standard InChI is InChI=1S/C13H16ClNO2/c14-11-3-1-10(2-4-11)9-13(17)15(7-8-16)12-5-6-12/h1-4,12,16H,5-9H2. The lowest BCUT2D eigenvalue weighted by Gasteiger charge is -2.21.